The summed E-state index contributed by atoms with van der Waals surface area (Å²) in [7, 11) is 3.32. The first-order valence-electron chi connectivity index (χ1n) is 37.6. The molecule has 0 unspecified atom stereocenters. The number of hydrogen-bond donors (Lipinski definition) is 5. The number of likely N-dealkylation sites (N-methyl/N-ethyl adjacent to an activating group) is 2. The number of aromatic nitrogens is 4. The molecular formula is C84H100N12O16. The molecule has 2 saturated heterocycles. The number of aliphatic carboxylic acids is 1. The molecule has 6 aromatic carbocycles. The van der Waals surface area contributed by atoms with E-state index in [4.69, 9.17) is 38.3 Å². The second kappa shape index (κ2) is 44.4. The Balaban J connectivity index is 0.000000258. The number of benzene rings is 6. The average molecular weight is 1530 g/mol. The molecule has 2 aliphatic heterocycles. The van der Waals surface area contributed by atoms with E-state index in [9.17, 15) is 38.4 Å². The third-order valence-electron chi connectivity index (χ3n) is 17.7. The molecule has 0 spiro atoms. The van der Waals surface area contributed by atoms with Crippen LogP contribution in [0.15, 0.2) is 170 Å². The first-order valence-corrected chi connectivity index (χ1v) is 37.6. The number of carbonyl (C=O) groups excluding carboxylic acids is 7. The third-order valence-corrected chi connectivity index (χ3v) is 17.7. The Bertz CT molecular complexity index is 4370. The molecule has 10 rings (SSSR count). The van der Waals surface area contributed by atoms with Crippen LogP contribution in [-0.4, -0.2) is 220 Å². The van der Waals surface area contributed by atoms with Crippen molar-refractivity contribution in [3.05, 3.63) is 204 Å². The highest BCUT2D eigenvalue weighted by Crippen LogP contribution is 2.31. The summed E-state index contributed by atoms with van der Waals surface area (Å²) in [4.78, 5) is 129. The quantitative estimate of drug-likeness (QED) is 0.0177. The highest BCUT2D eigenvalue weighted by Gasteiger charge is 2.25. The minimum atomic E-state index is -0.911. The van der Waals surface area contributed by atoms with Gasteiger partial charge in [0, 0.05) is 98.1 Å². The standard InChI is InChI=1S/C44H54N6O8.C40H46N6O8/c1-44(2,3)58-39(51)18-22-55-24-26-57-27-25-56-23-21-49(4)43(54)34-15-11-14-33(28-34)41(52)48-38-17-16-36(50-19-9-6-10-20-50)29-37(38)42(53)47-35-30-45-40(46-31-35)32-12-7-5-8-13-32;1-45(18-20-53-22-24-54-23-21-52-19-15-36(47)48)40(51)31-12-8-11-30(25-31)38(49)44-35-14-13-33(46-16-6-3-7-17-46)26-34(35)39(50)43-32-27-41-37(42-28-32)29-9-4-2-5-10-29/h5,7-8,11-17,28-31H,6,9-10,18-27H2,1-4H3,(H,47,53)(H,48,52);2,4-5,8-14,25-28H,3,6-7,15-24H2,1H3,(H,43,50)(H,44,49)(H,47,48). The SMILES string of the molecule is CN(CCOCCOCCOCCC(=O)O)C(=O)c1cccc(C(=O)Nc2ccc(N3CCCCC3)cc2C(=O)Nc2cnc(-c3ccccc3)nc2)c1.CN(CCOCCOCCOCCC(=O)OC(C)(C)C)C(=O)c1cccc(C(=O)Nc2ccc(N3CCCCC3)cc2C(=O)Nc2cnc(-c3ccccc3)nc2)c1. The minimum Gasteiger partial charge on any atom is -0.481 e. The Morgan fingerprint density at radius 2 is 0.759 bits per heavy atom. The van der Waals surface area contributed by atoms with Gasteiger partial charge in [-0.15, -0.1) is 0 Å². The highest BCUT2D eigenvalue weighted by atomic mass is 16.6. The molecule has 28 nitrogen and oxygen atoms in total. The van der Waals surface area contributed by atoms with E-state index in [0.717, 1.165) is 87.2 Å². The summed E-state index contributed by atoms with van der Waals surface area (Å²) in [6, 6.07) is 42.8. The van der Waals surface area contributed by atoms with E-state index in [1.807, 2.05) is 93.6 Å². The van der Waals surface area contributed by atoms with Gasteiger partial charge in [-0.1, -0.05) is 72.8 Å². The number of carboxylic acids is 1. The van der Waals surface area contributed by atoms with Gasteiger partial charge in [-0.25, -0.2) is 19.9 Å². The number of ether oxygens (including phenoxy) is 7. The molecule has 0 radical (unpaired) electrons. The zero-order valence-electron chi connectivity index (χ0n) is 64.2. The van der Waals surface area contributed by atoms with Crippen LogP contribution in [0, 0.1) is 0 Å². The fraction of sp³-hybridized carbons (Fsp3) is 0.381. The van der Waals surface area contributed by atoms with E-state index in [2.05, 4.69) is 51.0 Å². The molecule has 4 heterocycles. The molecule has 0 saturated carbocycles. The van der Waals surface area contributed by atoms with Crippen molar-refractivity contribution in [2.45, 2.75) is 77.7 Å². The van der Waals surface area contributed by atoms with Gasteiger partial charge in [-0.2, -0.15) is 0 Å². The summed E-state index contributed by atoms with van der Waals surface area (Å²) in [6.07, 6.45) is 12.9. The summed E-state index contributed by atoms with van der Waals surface area (Å²) in [5.41, 5.74) is 6.19. The Morgan fingerprint density at radius 3 is 1.13 bits per heavy atom. The van der Waals surface area contributed by atoms with Crippen molar-refractivity contribution in [1.29, 1.82) is 0 Å². The lowest BCUT2D eigenvalue weighted by Crippen LogP contribution is -2.30. The zero-order valence-corrected chi connectivity index (χ0v) is 64.2. The lowest BCUT2D eigenvalue weighted by Gasteiger charge is -2.29. The van der Waals surface area contributed by atoms with Crippen LogP contribution in [0.25, 0.3) is 22.8 Å². The zero-order chi connectivity index (χ0) is 79.5. The molecule has 0 bridgehead atoms. The lowest BCUT2D eigenvalue weighted by atomic mass is 10.1. The first kappa shape index (κ1) is 84.6. The van der Waals surface area contributed by atoms with Crippen molar-refractivity contribution in [1.82, 2.24) is 29.7 Å². The van der Waals surface area contributed by atoms with Crippen LogP contribution in [0.3, 0.4) is 0 Å². The Hall–Kier alpha value is -11.4. The molecule has 0 atom stereocenters. The average Bonchev–Trinajstić information content (AvgIpc) is 0.810. The van der Waals surface area contributed by atoms with Crippen molar-refractivity contribution in [3.63, 3.8) is 0 Å². The van der Waals surface area contributed by atoms with E-state index in [1.165, 1.54) is 21.9 Å². The molecule has 2 aromatic heterocycles. The third kappa shape index (κ3) is 27.9. The monoisotopic (exact) mass is 1530 g/mol. The van der Waals surface area contributed by atoms with Gasteiger partial charge in [0.1, 0.15) is 5.60 Å². The van der Waals surface area contributed by atoms with Crippen molar-refractivity contribution < 1.29 is 76.6 Å². The number of nitrogens with one attached hydrogen (secondary N) is 4. The van der Waals surface area contributed by atoms with E-state index in [-0.39, 0.29) is 72.7 Å². The first-order chi connectivity index (χ1) is 54.2. The van der Waals surface area contributed by atoms with Crippen LogP contribution in [0.5, 0.6) is 0 Å². The number of hydrogen-bond acceptors (Lipinski definition) is 21. The van der Waals surface area contributed by atoms with Crippen LogP contribution >= 0.6 is 0 Å². The van der Waals surface area contributed by atoms with Crippen LogP contribution in [0.2, 0.25) is 0 Å². The van der Waals surface area contributed by atoms with Gasteiger partial charge in [-0.05, 0) is 132 Å². The van der Waals surface area contributed by atoms with Crippen molar-refractivity contribution >= 4 is 81.5 Å². The van der Waals surface area contributed by atoms with Gasteiger partial charge in [-0.3, -0.25) is 38.4 Å². The highest BCUT2D eigenvalue weighted by molar-refractivity contribution is 6.15. The van der Waals surface area contributed by atoms with Crippen LogP contribution in [0.4, 0.5) is 34.1 Å². The smallest absolute Gasteiger partial charge is 0.308 e. The maximum atomic E-state index is 13.8. The molecule has 112 heavy (non-hydrogen) atoms. The second-order valence-electron chi connectivity index (χ2n) is 27.5. The van der Waals surface area contributed by atoms with Gasteiger partial charge in [0.2, 0.25) is 0 Å². The topological polar surface area (TPSA) is 334 Å². The van der Waals surface area contributed by atoms with E-state index >= 15 is 0 Å². The number of carbonyl (C=O) groups is 8. The summed E-state index contributed by atoms with van der Waals surface area (Å²) in [5, 5.41) is 20.2. The minimum absolute atomic E-state index is 0.0508. The molecule has 28 heteroatoms. The number of piperidine rings is 2. The predicted octanol–water partition coefficient (Wildman–Crippen LogP) is 11.7. The van der Waals surface area contributed by atoms with E-state index < -0.39 is 35.2 Å². The molecule has 2 aliphatic rings. The van der Waals surface area contributed by atoms with Gasteiger partial charge in [0.25, 0.3) is 35.4 Å². The van der Waals surface area contributed by atoms with Gasteiger partial charge >= 0.3 is 11.9 Å². The summed E-state index contributed by atoms with van der Waals surface area (Å²) in [6.45, 7) is 13.3. The number of rotatable bonds is 38. The molecule has 5 N–H and O–H groups in total. The molecule has 2 fully saturated rings. The number of anilines is 6. The maximum absolute atomic E-state index is 13.8. The number of nitrogens with zero attached hydrogens (tertiary/aromatic N) is 8. The summed E-state index contributed by atoms with van der Waals surface area (Å²) in [5.74, 6) is -2.50. The number of amides is 6. The Morgan fingerprint density at radius 1 is 0.402 bits per heavy atom. The molecular weight excluding hydrogens is 1430 g/mol. The molecule has 6 amide bonds. The van der Waals surface area contributed by atoms with Crippen molar-refractivity contribution in [3.8, 4) is 22.8 Å². The van der Waals surface area contributed by atoms with Crippen LogP contribution in [0.1, 0.15) is 134 Å². The van der Waals surface area contributed by atoms with Gasteiger partial charge in [0.15, 0.2) is 11.6 Å². The Labute approximate surface area is 652 Å². The maximum Gasteiger partial charge on any atom is 0.308 e. The Kier molecular flexibility index (Phi) is 33.6. The number of carboxylic acid groups (broad SMARTS) is 1. The molecule has 592 valence electrons. The van der Waals surface area contributed by atoms with Crippen molar-refractivity contribution in [2.24, 2.45) is 0 Å². The fourth-order valence-electron chi connectivity index (χ4n) is 11.8. The molecule has 0 aliphatic carbocycles. The predicted molar refractivity (Wildman–Crippen MR) is 426 cm³/mol. The van der Waals surface area contributed by atoms with Crippen LogP contribution in [-0.2, 0) is 42.7 Å². The van der Waals surface area contributed by atoms with Crippen molar-refractivity contribution in [2.75, 3.05) is 164 Å². The normalized spacial score (nSPS) is 12.7. The van der Waals surface area contributed by atoms with E-state index in [0.29, 0.717) is 118 Å². The second-order valence-corrected chi connectivity index (χ2v) is 27.5. The van der Waals surface area contributed by atoms with Gasteiger partial charge in [0.05, 0.1) is 151 Å². The lowest BCUT2D eigenvalue weighted by molar-refractivity contribution is -0.156. The fourth-order valence-corrected chi connectivity index (χ4v) is 11.8. The van der Waals surface area contributed by atoms with E-state index in [1.54, 1.807) is 99.5 Å². The number of esters is 1. The van der Waals surface area contributed by atoms with Crippen LogP contribution < -0.4 is 31.1 Å². The summed E-state index contributed by atoms with van der Waals surface area (Å²) < 4.78 is 37.9. The summed E-state index contributed by atoms with van der Waals surface area (Å²) >= 11 is 0. The largest absolute Gasteiger partial charge is 0.481 e. The molecule has 8 aromatic rings. The van der Waals surface area contributed by atoms with Gasteiger partial charge < -0.3 is 79.1 Å².